The SMILES string of the molecule is COc1cc(C#N)ccc1NC1CC(C)(C)OC1(C)C. The summed E-state index contributed by atoms with van der Waals surface area (Å²) < 4.78 is 11.4. The zero-order valence-electron chi connectivity index (χ0n) is 12.8. The standard InChI is InChI=1S/C16H22N2O2/c1-15(2)9-14(16(3,4)20-15)18-12-7-6-11(10-17)8-13(12)19-5/h6-8,14,18H,9H2,1-5H3. The minimum Gasteiger partial charge on any atom is -0.495 e. The van der Waals surface area contributed by atoms with Crippen molar-refractivity contribution in [3.05, 3.63) is 23.8 Å². The average molecular weight is 274 g/mol. The highest BCUT2D eigenvalue weighted by atomic mass is 16.5. The van der Waals surface area contributed by atoms with Crippen molar-refractivity contribution in [2.45, 2.75) is 51.4 Å². The van der Waals surface area contributed by atoms with Crippen LogP contribution in [0.4, 0.5) is 5.69 Å². The maximum Gasteiger partial charge on any atom is 0.143 e. The third-order valence-corrected chi connectivity index (χ3v) is 3.73. The lowest BCUT2D eigenvalue weighted by atomic mass is 9.94. The van der Waals surface area contributed by atoms with Gasteiger partial charge in [-0.05, 0) is 46.2 Å². The number of nitriles is 1. The van der Waals surface area contributed by atoms with Crippen LogP contribution in [0.3, 0.4) is 0 Å². The van der Waals surface area contributed by atoms with Crippen LogP contribution in [0.5, 0.6) is 5.75 Å². The first-order valence-corrected chi connectivity index (χ1v) is 6.82. The maximum atomic E-state index is 8.94. The number of anilines is 1. The van der Waals surface area contributed by atoms with Gasteiger partial charge in [-0.2, -0.15) is 5.26 Å². The molecule has 0 spiro atoms. The van der Waals surface area contributed by atoms with E-state index in [-0.39, 0.29) is 17.2 Å². The molecule has 4 heteroatoms. The Morgan fingerprint density at radius 1 is 1.35 bits per heavy atom. The van der Waals surface area contributed by atoms with Gasteiger partial charge in [0.1, 0.15) is 5.75 Å². The quantitative estimate of drug-likeness (QED) is 0.918. The van der Waals surface area contributed by atoms with E-state index < -0.39 is 0 Å². The van der Waals surface area contributed by atoms with Crippen LogP contribution >= 0.6 is 0 Å². The third-order valence-electron chi connectivity index (χ3n) is 3.73. The third kappa shape index (κ3) is 2.88. The number of methoxy groups -OCH3 is 1. The smallest absolute Gasteiger partial charge is 0.143 e. The Labute approximate surface area is 120 Å². The van der Waals surface area contributed by atoms with Gasteiger partial charge in [0, 0.05) is 6.07 Å². The van der Waals surface area contributed by atoms with Gasteiger partial charge in [-0.3, -0.25) is 0 Å². The van der Waals surface area contributed by atoms with Gasteiger partial charge < -0.3 is 14.8 Å². The number of hydrogen-bond donors (Lipinski definition) is 1. The van der Waals surface area contributed by atoms with Crippen LogP contribution in [0.25, 0.3) is 0 Å². The monoisotopic (exact) mass is 274 g/mol. The molecule has 1 N–H and O–H groups in total. The Bertz CT molecular complexity index is 544. The van der Waals surface area contributed by atoms with Crippen LogP contribution in [-0.2, 0) is 4.74 Å². The Balaban J connectivity index is 2.25. The highest BCUT2D eigenvalue weighted by molar-refractivity contribution is 5.60. The van der Waals surface area contributed by atoms with Crippen molar-refractivity contribution in [2.24, 2.45) is 0 Å². The van der Waals surface area contributed by atoms with E-state index in [1.165, 1.54) is 0 Å². The highest BCUT2D eigenvalue weighted by Crippen LogP contribution is 2.40. The van der Waals surface area contributed by atoms with E-state index in [2.05, 4.69) is 39.1 Å². The van der Waals surface area contributed by atoms with Crippen molar-refractivity contribution in [2.75, 3.05) is 12.4 Å². The fourth-order valence-corrected chi connectivity index (χ4v) is 2.85. The second-order valence-corrected chi connectivity index (χ2v) is 6.39. The highest BCUT2D eigenvalue weighted by Gasteiger charge is 2.46. The predicted molar refractivity (Wildman–Crippen MR) is 79.0 cm³/mol. The van der Waals surface area contributed by atoms with Crippen LogP contribution in [0, 0.1) is 11.3 Å². The van der Waals surface area contributed by atoms with E-state index in [1.54, 1.807) is 19.2 Å². The largest absolute Gasteiger partial charge is 0.495 e. The molecule has 1 fully saturated rings. The van der Waals surface area contributed by atoms with Gasteiger partial charge in [-0.25, -0.2) is 0 Å². The van der Waals surface area contributed by atoms with E-state index in [4.69, 9.17) is 14.7 Å². The summed E-state index contributed by atoms with van der Waals surface area (Å²) in [6.45, 7) is 8.39. The molecule has 0 saturated carbocycles. The summed E-state index contributed by atoms with van der Waals surface area (Å²) in [7, 11) is 1.61. The van der Waals surface area contributed by atoms with Gasteiger partial charge >= 0.3 is 0 Å². The topological polar surface area (TPSA) is 54.3 Å². The number of rotatable bonds is 3. The summed E-state index contributed by atoms with van der Waals surface area (Å²) >= 11 is 0. The van der Waals surface area contributed by atoms with E-state index in [0.717, 1.165) is 12.1 Å². The van der Waals surface area contributed by atoms with E-state index >= 15 is 0 Å². The van der Waals surface area contributed by atoms with Crippen molar-refractivity contribution >= 4 is 5.69 Å². The molecule has 0 bridgehead atoms. The molecule has 1 heterocycles. The van der Waals surface area contributed by atoms with Gasteiger partial charge in [0.15, 0.2) is 0 Å². The summed E-state index contributed by atoms with van der Waals surface area (Å²) in [4.78, 5) is 0. The fraction of sp³-hybridized carbons (Fsp3) is 0.562. The summed E-state index contributed by atoms with van der Waals surface area (Å²) in [5.74, 6) is 0.685. The van der Waals surface area contributed by atoms with Gasteiger partial charge in [0.05, 0.1) is 41.7 Å². The molecular formula is C16H22N2O2. The fourth-order valence-electron chi connectivity index (χ4n) is 2.85. The van der Waals surface area contributed by atoms with Crippen molar-refractivity contribution in [3.63, 3.8) is 0 Å². The summed E-state index contributed by atoms with van der Waals surface area (Å²) in [5.41, 5.74) is 1.10. The molecule has 2 rings (SSSR count). The lowest BCUT2D eigenvalue weighted by Crippen LogP contribution is -2.38. The molecule has 1 aliphatic heterocycles. The molecule has 1 aromatic carbocycles. The van der Waals surface area contributed by atoms with Crippen molar-refractivity contribution in [1.29, 1.82) is 5.26 Å². The Morgan fingerprint density at radius 2 is 2.05 bits per heavy atom. The minimum absolute atomic E-state index is 0.138. The average Bonchev–Trinajstić information content (AvgIpc) is 2.57. The van der Waals surface area contributed by atoms with E-state index in [9.17, 15) is 0 Å². The van der Waals surface area contributed by atoms with Crippen LogP contribution in [0.2, 0.25) is 0 Å². The maximum absolute atomic E-state index is 8.94. The molecule has 1 aromatic rings. The van der Waals surface area contributed by atoms with E-state index in [1.807, 2.05) is 6.07 Å². The molecule has 0 aliphatic carbocycles. The molecule has 1 aliphatic rings. The Hall–Kier alpha value is -1.73. The minimum atomic E-state index is -0.248. The van der Waals surface area contributed by atoms with Crippen LogP contribution < -0.4 is 10.1 Å². The van der Waals surface area contributed by atoms with Gasteiger partial charge in [0.25, 0.3) is 0 Å². The second-order valence-electron chi connectivity index (χ2n) is 6.39. The number of ether oxygens (including phenoxy) is 2. The molecule has 0 radical (unpaired) electrons. The van der Waals surface area contributed by atoms with Crippen LogP contribution in [0.1, 0.15) is 39.7 Å². The predicted octanol–water partition coefficient (Wildman–Crippen LogP) is 3.32. The Kier molecular flexibility index (Phi) is 3.66. The molecule has 0 aromatic heterocycles. The lowest BCUT2D eigenvalue weighted by molar-refractivity contribution is -0.0662. The number of benzene rings is 1. The van der Waals surface area contributed by atoms with Crippen LogP contribution in [-0.4, -0.2) is 24.4 Å². The normalized spacial score (nSPS) is 23.1. The molecule has 1 unspecified atom stereocenters. The number of hydrogen-bond acceptors (Lipinski definition) is 4. The molecular weight excluding hydrogens is 252 g/mol. The zero-order chi connectivity index (χ0) is 15.0. The molecule has 1 atom stereocenters. The summed E-state index contributed by atoms with van der Waals surface area (Å²) in [6, 6.07) is 7.74. The lowest BCUT2D eigenvalue weighted by Gasteiger charge is -2.28. The second kappa shape index (κ2) is 4.99. The number of nitrogens with zero attached hydrogens (tertiary/aromatic N) is 1. The molecule has 1 saturated heterocycles. The van der Waals surface area contributed by atoms with Gasteiger partial charge in [0.2, 0.25) is 0 Å². The van der Waals surface area contributed by atoms with Gasteiger partial charge in [-0.15, -0.1) is 0 Å². The summed E-state index contributed by atoms with van der Waals surface area (Å²) in [6.07, 6.45) is 0.920. The first kappa shape index (κ1) is 14.7. The Morgan fingerprint density at radius 3 is 2.55 bits per heavy atom. The first-order chi connectivity index (χ1) is 9.27. The first-order valence-electron chi connectivity index (χ1n) is 6.82. The molecule has 4 nitrogen and oxygen atoms in total. The van der Waals surface area contributed by atoms with Crippen molar-refractivity contribution < 1.29 is 9.47 Å². The van der Waals surface area contributed by atoms with Gasteiger partial charge in [-0.1, -0.05) is 0 Å². The van der Waals surface area contributed by atoms with Crippen molar-refractivity contribution in [3.8, 4) is 11.8 Å². The molecule has 20 heavy (non-hydrogen) atoms. The molecule has 0 amide bonds. The molecule has 108 valence electrons. The summed E-state index contributed by atoms with van der Waals surface area (Å²) in [5, 5.41) is 12.4. The van der Waals surface area contributed by atoms with E-state index in [0.29, 0.717) is 11.3 Å². The van der Waals surface area contributed by atoms with Crippen molar-refractivity contribution in [1.82, 2.24) is 0 Å². The van der Waals surface area contributed by atoms with Crippen LogP contribution in [0.15, 0.2) is 18.2 Å². The zero-order valence-corrected chi connectivity index (χ0v) is 12.8. The number of nitrogens with one attached hydrogen (secondary N) is 1.